The van der Waals surface area contributed by atoms with Crippen molar-refractivity contribution < 1.29 is 4.74 Å². The van der Waals surface area contributed by atoms with Gasteiger partial charge in [0.15, 0.2) is 0 Å². The van der Waals surface area contributed by atoms with Crippen molar-refractivity contribution in [3.05, 3.63) is 22.2 Å². The van der Waals surface area contributed by atoms with Gasteiger partial charge in [0.25, 0.3) is 0 Å². The molecule has 13 heavy (non-hydrogen) atoms. The maximum atomic E-state index is 5.79. The molecule has 0 saturated carbocycles. The predicted molar refractivity (Wildman–Crippen MR) is 52.0 cm³/mol. The van der Waals surface area contributed by atoms with E-state index in [1.165, 1.54) is 0 Å². The quantitative estimate of drug-likeness (QED) is 0.445. The van der Waals surface area contributed by atoms with Gasteiger partial charge in [0.2, 0.25) is 5.28 Å². The van der Waals surface area contributed by atoms with Crippen molar-refractivity contribution >= 4 is 23.2 Å². The lowest BCUT2D eigenvalue weighted by molar-refractivity contribution is 0.121. The molecule has 0 aliphatic rings. The van der Waals surface area contributed by atoms with Crippen LogP contribution in [0.2, 0.25) is 10.4 Å². The van der Waals surface area contributed by atoms with Gasteiger partial charge in [0.05, 0.1) is 6.61 Å². The Bertz CT molecular complexity index is 281. The van der Waals surface area contributed by atoms with Crippen LogP contribution in [0.3, 0.4) is 0 Å². The molecule has 0 amide bonds. The minimum absolute atomic E-state index is 0.157. The van der Waals surface area contributed by atoms with Crippen molar-refractivity contribution in [2.75, 3.05) is 6.61 Å². The van der Waals surface area contributed by atoms with Crippen molar-refractivity contribution in [2.24, 2.45) is 0 Å². The van der Waals surface area contributed by atoms with E-state index in [2.05, 4.69) is 9.97 Å². The van der Waals surface area contributed by atoms with Crippen LogP contribution in [0, 0.1) is 0 Å². The lowest BCUT2D eigenvalue weighted by atomic mass is 10.4. The fourth-order valence-electron chi connectivity index (χ4n) is 0.789. The van der Waals surface area contributed by atoms with Crippen LogP contribution >= 0.6 is 23.2 Å². The summed E-state index contributed by atoms with van der Waals surface area (Å²) in [5.41, 5.74) is 0.763. The lowest BCUT2D eigenvalue weighted by Crippen LogP contribution is -1.97. The van der Waals surface area contributed by atoms with Crippen LogP contribution in [-0.4, -0.2) is 16.6 Å². The smallest absolute Gasteiger partial charge is 0.223 e. The molecule has 0 N–H and O–H groups in total. The second-order valence-electron chi connectivity index (χ2n) is 2.51. The molecule has 3 nitrogen and oxygen atoms in total. The van der Waals surface area contributed by atoms with Gasteiger partial charge in [0.1, 0.15) is 5.15 Å². The number of rotatable bonds is 4. The summed E-state index contributed by atoms with van der Waals surface area (Å²) >= 11 is 11.3. The van der Waals surface area contributed by atoms with Crippen LogP contribution in [0.1, 0.15) is 18.9 Å². The summed E-state index contributed by atoms with van der Waals surface area (Å²) in [6.45, 7) is 3.18. The first-order valence-electron chi connectivity index (χ1n) is 3.98. The summed E-state index contributed by atoms with van der Waals surface area (Å²) in [5, 5.41) is 0.514. The predicted octanol–water partition coefficient (Wildman–Crippen LogP) is 2.71. The molecule has 0 saturated heterocycles. The molecule has 5 heteroatoms. The normalized spacial score (nSPS) is 10.4. The standard InChI is InChI=1S/C8H10Cl2N2O/c1-2-3-13-5-6-4-11-8(10)12-7(6)9/h4H,2-3,5H2,1H3. The Morgan fingerprint density at radius 1 is 1.46 bits per heavy atom. The average Bonchev–Trinajstić information content (AvgIpc) is 2.09. The van der Waals surface area contributed by atoms with E-state index in [1.807, 2.05) is 6.92 Å². The highest BCUT2D eigenvalue weighted by Crippen LogP contribution is 2.14. The third kappa shape index (κ3) is 3.46. The first kappa shape index (κ1) is 10.7. The number of hydrogen-bond donors (Lipinski definition) is 0. The van der Waals surface area contributed by atoms with Crippen molar-refractivity contribution in [1.82, 2.24) is 9.97 Å². The molecule has 72 valence electrons. The summed E-state index contributed by atoms with van der Waals surface area (Å²) in [6.07, 6.45) is 2.55. The maximum Gasteiger partial charge on any atom is 0.223 e. The zero-order valence-corrected chi connectivity index (χ0v) is 8.77. The summed E-state index contributed by atoms with van der Waals surface area (Å²) in [6, 6.07) is 0. The molecule has 1 rings (SSSR count). The Hall–Kier alpha value is -0.380. The highest BCUT2D eigenvalue weighted by molar-refractivity contribution is 6.32. The minimum Gasteiger partial charge on any atom is -0.377 e. The Morgan fingerprint density at radius 3 is 2.85 bits per heavy atom. The third-order valence-corrected chi connectivity index (χ3v) is 1.90. The fourth-order valence-corrected chi connectivity index (χ4v) is 1.15. The fraction of sp³-hybridized carbons (Fsp3) is 0.500. The zero-order chi connectivity index (χ0) is 9.68. The molecule has 1 heterocycles. The van der Waals surface area contributed by atoms with Crippen molar-refractivity contribution in [2.45, 2.75) is 20.0 Å². The second-order valence-corrected chi connectivity index (χ2v) is 3.20. The molecule has 0 aliphatic heterocycles. The number of aromatic nitrogens is 2. The van der Waals surface area contributed by atoms with E-state index in [9.17, 15) is 0 Å². The van der Waals surface area contributed by atoms with E-state index in [-0.39, 0.29) is 5.28 Å². The summed E-state index contributed by atoms with van der Waals surface area (Å²) in [7, 11) is 0. The summed E-state index contributed by atoms with van der Waals surface area (Å²) in [5.74, 6) is 0. The van der Waals surface area contributed by atoms with E-state index in [1.54, 1.807) is 6.20 Å². The first-order valence-corrected chi connectivity index (χ1v) is 4.74. The Morgan fingerprint density at radius 2 is 2.23 bits per heavy atom. The van der Waals surface area contributed by atoms with Crippen LogP contribution < -0.4 is 0 Å². The van der Waals surface area contributed by atoms with Gasteiger partial charge in [0, 0.05) is 18.4 Å². The van der Waals surface area contributed by atoms with Gasteiger partial charge >= 0.3 is 0 Å². The third-order valence-electron chi connectivity index (χ3n) is 1.39. The van der Waals surface area contributed by atoms with Gasteiger partial charge in [-0.1, -0.05) is 18.5 Å². The number of halogens is 2. The maximum absolute atomic E-state index is 5.79. The van der Waals surface area contributed by atoms with E-state index < -0.39 is 0 Å². The molecule has 0 spiro atoms. The first-order chi connectivity index (χ1) is 6.24. The van der Waals surface area contributed by atoms with Gasteiger partial charge < -0.3 is 4.74 Å². The number of ether oxygens (including phenoxy) is 1. The second kappa shape index (κ2) is 5.37. The van der Waals surface area contributed by atoms with Crippen molar-refractivity contribution in [3.8, 4) is 0 Å². The van der Waals surface area contributed by atoms with Gasteiger partial charge in [-0.05, 0) is 18.0 Å². The number of nitrogens with zero attached hydrogens (tertiary/aromatic N) is 2. The monoisotopic (exact) mass is 220 g/mol. The Balaban J connectivity index is 2.56. The van der Waals surface area contributed by atoms with Crippen LogP contribution in [0.4, 0.5) is 0 Å². The van der Waals surface area contributed by atoms with Crippen LogP contribution in [0.15, 0.2) is 6.20 Å². The molecule has 0 aliphatic carbocycles. The summed E-state index contributed by atoms with van der Waals surface area (Å²) in [4.78, 5) is 7.60. The van der Waals surface area contributed by atoms with Crippen molar-refractivity contribution in [3.63, 3.8) is 0 Å². The molecule has 0 aromatic carbocycles. The molecular formula is C8H10Cl2N2O. The van der Waals surface area contributed by atoms with E-state index in [0.29, 0.717) is 18.4 Å². The zero-order valence-electron chi connectivity index (χ0n) is 7.26. The molecule has 0 radical (unpaired) electrons. The summed E-state index contributed by atoms with van der Waals surface area (Å²) < 4.78 is 5.28. The van der Waals surface area contributed by atoms with Crippen LogP contribution in [-0.2, 0) is 11.3 Å². The van der Waals surface area contributed by atoms with Crippen LogP contribution in [0.25, 0.3) is 0 Å². The van der Waals surface area contributed by atoms with Gasteiger partial charge in [-0.25, -0.2) is 9.97 Å². The van der Waals surface area contributed by atoms with Crippen LogP contribution in [0.5, 0.6) is 0 Å². The molecule has 0 unspecified atom stereocenters. The minimum atomic E-state index is 0.157. The van der Waals surface area contributed by atoms with Gasteiger partial charge in [-0.3, -0.25) is 0 Å². The van der Waals surface area contributed by atoms with Crippen molar-refractivity contribution in [1.29, 1.82) is 0 Å². The molecule has 0 bridgehead atoms. The molecule has 1 aromatic heterocycles. The molecular weight excluding hydrogens is 211 g/mol. The average molecular weight is 221 g/mol. The SMILES string of the molecule is CCCOCc1cnc(Cl)nc1Cl. The topological polar surface area (TPSA) is 35.0 Å². The van der Waals surface area contributed by atoms with E-state index in [0.717, 1.165) is 12.0 Å². The molecule has 1 aromatic rings. The van der Waals surface area contributed by atoms with E-state index >= 15 is 0 Å². The van der Waals surface area contributed by atoms with E-state index in [4.69, 9.17) is 27.9 Å². The highest BCUT2D eigenvalue weighted by atomic mass is 35.5. The highest BCUT2D eigenvalue weighted by Gasteiger charge is 2.03. The van der Waals surface area contributed by atoms with Gasteiger partial charge in [-0.15, -0.1) is 0 Å². The Kier molecular flexibility index (Phi) is 4.42. The lowest BCUT2D eigenvalue weighted by Gasteiger charge is -2.03. The Labute approximate surface area is 87.1 Å². The molecule has 0 fully saturated rings. The largest absolute Gasteiger partial charge is 0.377 e. The number of hydrogen-bond acceptors (Lipinski definition) is 3. The molecule has 0 atom stereocenters. The van der Waals surface area contributed by atoms with Gasteiger partial charge in [-0.2, -0.15) is 0 Å².